The fourth-order valence-corrected chi connectivity index (χ4v) is 2.33. The first-order valence-corrected chi connectivity index (χ1v) is 7.02. The van der Waals surface area contributed by atoms with Gasteiger partial charge in [0, 0.05) is 11.6 Å². The maximum Gasteiger partial charge on any atom is 0.262 e. The molecule has 0 bridgehead atoms. The average molecular weight is 328 g/mol. The number of hydrogen-bond acceptors (Lipinski definition) is 4. The summed E-state index contributed by atoms with van der Waals surface area (Å²) < 4.78 is 5.29. The molecule has 2 amide bonds. The van der Waals surface area contributed by atoms with Crippen LogP contribution in [0, 0.1) is 11.3 Å². The van der Waals surface area contributed by atoms with Gasteiger partial charge in [0.15, 0.2) is 6.61 Å². The van der Waals surface area contributed by atoms with Crippen LogP contribution in [0.4, 0.5) is 11.4 Å². The van der Waals surface area contributed by atoms with E-state index in [1.807, 2.05) is 6.07 Å². The Bertz CT molecular complexity index is 858. The fourth-order valence-electron chi connectivity index (χ4n) is 2.12. The Labute approximate surface area is 136 Å². The van der Waals surface area contributed by atoms with Crippen molar-refractivity contribution in [1.29, 1.82) is 5.26 Å². The van der Waals surface area contributed by atoms with Crippen molar-refractivity contribution in [2.24, 2.45) is 0 Å². The molecule has 0 spiro atoms. The summed E-state index contributed by atoms with van der Waals surface area (Å²) in [5, 5.41) is 14.4. The Morgan fingerprint density at radius 3 is 2.96 bits per heavy atom. The molecular weight excluding hydrogens is 318 g/mol. The van der Waals surface area contributed by atoms with Crippen molar-refractivity contribution < 1.29 is 14.3 Å². The number of nitriles is 1. The van der Waals surface area contributed by atoms with Crippen molar-refractivity contribution in [3.05, 3.63) is 52.5 Å². The first-order chi connectivity index (χ1) is 11.1. The lowest BCUT2D eigenvalue weighted by Crippen LogP contribution is -2.25. The number of amides is 2. The van der Waals surface area contributed by atoms with Crippen molar-refractivity contribution in [3.8, 4) is 11.8 Å². The predicted molar refractivity (Wildman–Crippen MR) is 84.7 cm³/mol. The van der Waals surface area contributed by atoms with Crippen molar-refractivity contribution in [3.63, 3.8) is 0 Å². The smallest absolute Gasteiger partial charge is 0.262 e. The molecule has 1 heterocycles. The quantitative estimate of drug-likeness (QED) is 0.887. The predicted octanol–water partition coefficient (Wildman–Crippen LogP) is 2.79. The van der Waals surface area contributed by atoms with Gasteiger partial charge in [0.05, 0.1) is 28.0 Å². The molecule has 0 saturated heterocycles. The van der Waals surface area contributed by atoms with Crippen LogP contribution in [0.25, 0.3) is 0 Å². The maximum absolute atomic E-state index is 12.3. The third-order valence-electron chi connectivity index (χ3n) is 3.20. The van der Waals surface area contributed by atoms with Crippen molar-refractivity contribution in [2.75, 3.05) is 17.2 Å². The van der Waals surface area contributed by atoms with Gasteiger partial charge in [-0.2, -0.15) is 5.26 Å². The first-order valence-electron chi connectivity index (χ1n) is 6.64. The second kappa shape index (κ2) is 5.99. The van der Waals surface area contributed by atoms with E-state index in [1.165, 1.54) is 12.1 Å². The number of ether oxygens (including phenoxy) is 1. The molecule has 0 atom stereocenters. The first kappa shape index (κ1) is 14.9. The SMILES string of the molecule is N#Cc1cccc(C(=O)Nc2cc3c(cc2Cl)NC(=O)CO3)c1. The minimum Gasteiger partial charge on any atom is -0.482 e. The van der Waals surface area contributed by atoms with Crippen LogP contribution in [0.1, 0.15) is 15.9 Å². The van der Waals surface area contributed by atoms with Crippen molar-refractivity contribution in [1.82, 2.24) is 0 Å². The lowest BCUT2D eigenvalue weighted by molar-refractivity contribution is -0.118. The van der Waals surface area contributed by atoms with E-state index in [-0.39, 0.29) is 17.5 Å². The molecule has 2 aromatic rings. The van der Waals surface area contributed by atoms with Crippen LogP contribution >= 0.6 is 11.6 Å². The van der Waals surface area contributed by atoms with E-state index in [0.717, 1.165) is 0 Å². The summed E-state index contributed by atoms with van der Waals surface area (Å²) in [6.45, 7) is -0.0910. The van der Waals surface area contributed by atoms with Gasteiger partial charge in [-0.15, -0.1) is 0 Å². The van der Waals surface area contributed by atoms with Gasteiger partial charge in [0.2, 0.25) is 0 Å². The van der Waals surface area contributed by atoms with Gasteiger partial charge >= 0.3 is 0 Å². The summed E-state index contributed by atoms with van der Waals surface area (Å²) in [7, 11) is 0. The van der Waals surface area contributed by atoms with Gasteiger partial charge in [-0.05, 0) is 24.3 Å². The number of carbonyl (C=O) groups excluding carboxylic acids is 2. The summed E-state index contributed by atoms with van der Waals surface area (Å²) in [6.07, 6.45) is 0. The molecule has 0 aliphatic carbocycles. The standard InChI is InChI=1S/C16H10ClN3O3/c17-11-5-13-14(23-8-15(21)19-13)6-12(11)20-16(22)10-3-1-2-9(4-10)7-18/h1-6H,8H2,(H,19,21)(H,20,22). The summed E-state index contributed by atoms with van der Waals surface area (Å²) in [5.74, 6) is -0.238. The maximum atomic E-state index is 12.3. The molecule has 3 rings (SSSR count). The van der Waals surface area contributed by atoms with Gasteiger partial charge in [0.25, 0.3) is 11.8 Å². The largest absolute Gasteiger partial charge is 0.482 e. The molecule has 0 radical (unpaired) electrons. The van der Waals surface area contributed by atoms with E-state index in [4.69, 9.17) is 21.6 Å². The van der Waals surface area contributed by atoms with Gasteiger partial charge < -0.3 is 15.4 Å². The molecule has 0 aromatic heterocycles. The average Bonchev–Trinajstić information content (AvgIpc) is 2.55. The number of halogens is 1. The molecule has 2 aromatic carbocycles. The zero-order chi connectivity index (χ0) is 16.4. The summed E-state index contributed by atoms with van der Waals surface area (Å²) in [6, 6.07) is 11.3. The zero-order valence-corrected chi connectivity index (χ0v) is 12.5. The Morgan fingerprint density at radius 2 is 2.17 bits per heavy atom. The minimum atomic E-state index is -0.399. The third-order valence-corrected chi connectivity index (χ3v) is 3.52. The highest BCUT2D eigenvalue weighted by Crippen LogP contribution is 2.36. The summed E-state index contributed by atoms with van der Waals surface area (Å²) in [5.41, 5.74) is 1.54. The van der Waals surface area contributed by atoms with Crippen molar-refractivity contribution >= 4 is 34.8 Å². The molecule has 0 unspecified atom stereocenters. The molecule has 0 saturated carbocycles. The van der Waals surface area contributed by atoms with E-state index < -0.39 is 5.91 Å². The number of nitrogens with one attached hydrogen (secondary N) is 2. The van der Waals surface area contributed by atoms with E-state index in [0.29, 0.717) is 28.3 Å². The highest BCUT2D eigenvalue weighted by molar-refractivity contribution is 6.34. The number of rotatable bonds is 2. The molecule has 1 aliphatic rings. The van der Waals surface area contributed by atoms with Crippen LogP contribution in [0.5, 0.6) is 5.75 Å². The fraction of sp³-hybridized carbons (Fsp3) is 0.0625. The number of fused-ring (bicyclic) bond motifs is 1. The Morgan fingerprint density at radius 1 is 1.35 bits per heavy atom. The number of carbonyl (C=O) groups is 2. The third kappa shape index (κ3) is 3.10. The van der Waals surface area contributed by atoms with Crippen LogP contribution in [0.3, 0.4) is 0 Å². The Hall–Kier alpha value is -3.04. The van der Waals surface area contributed by atoms with Gasteiger partial charge in [-0.25, -0.2) is 0 Å². The number of benzene rings is 2. The monoisotopic (exact) mass is 327 g/mol. The molecule has 23 heavy (non-hydrogen) atoms. The molecular formula is C16H10ClN3O3. The second-order valence-electron chi connectivity index (χ2n) is 4.81. The lowest BCUT2D eigenvalue weighted by atomic mass is 10.1. The highest BCUT2D eigenvalue weighted by Gasteiger charge is 2.19. The Kier molecular flexibility index (Phi) is 3.87. The molecule has 2 N–H and O–H groups in total. The molecule has 114 valence electrons. The van der Waals surface area contributed by atoms with Gasteiger partial charge in [-0.1, -0.05) is 17.7 Å². The topological polar surface area (TPSA) is 91.2 Å². The Balaban J connectivity index is 1.86. The number of nitrogens with zero attached hydrogens (tertiary/aromatic N) is 1. The van der Waals surface area contributed by atoms with E-state index >= 15 is 0 Å². The second-order valence-corrected chi connectivity index (χ2v) is 5.22. The lowest BCUT2D eigenvalue weighted by Gasteiger charge is -2.19. The summed E-state index contributed by atoms with van der Waals surface area (Å²) >= 11 is 6.13. The van der Waals surface area contributed by atoms with Crippen molar-refractivity contribution in [2.45, 2.75) is 0 Å². The van der Waals surface area contributed by atoms with Gasteiger partial charge in [0.1, 0.15) is 5.75 Å². The van der Waals surface area contributed by atoms with Crippen LogP contribution < -0.4 is 15.4 Å². The molecule has 1 aliphatic heterocycles. The van der Waals surface area contributed by atoms with Crippen LogP contribution in [0.2, 0.25) is 5.02 Å². The number of hydrogen-bond donors (Lipinski definition) is 2. The van der Waals surface area contributed by atoms with Crippen LogP contribution in [-0.4, -0.2) is 18.4 Å². The molecule has 6 nitrogen and oxygen atoms in total. The molecule has 0 fully saturated rings. The number of anilines is 2. The highest BCUT2D eigenvalue weighted by atomic mass is 35.5. The normalized spacial score (nSPS) is 12.4. The van der Waals surface area contributed by atoms with E-state index in [2.05, 4.69) is 10.6 Å². The van der Waals surface area contributed by atoms with E-state index in [9.17, 15) is 9.59 Å². The van der Waals surface area contributed by atoms with Crippen LogP contribution in [0.15, 0.2) is 36.4 Å². The minimum absolute atomic E-state index is 0.0910. The van der Waals surface area contributed by atoms with Gasteiger partial charge in [-0.3, -0.25) is 9.59 Å². The molecule has 7 heteroatoms. The summed E-state index contributed by atoms with van der Waals surface area (Å²) in [4.78, 5) is 23.5. The zero-order valence-electron chi connectivity index (χ0n) is 11.7. The van der Waals surface area contributed by atoms with E-state index in [1.54, 1.807) is 24.3 Å². The van der Waals surface area contributed by atoms with Crippen LogP contribution in [-0.2, 0) is 4.79 Å².